The molecule has 0 aromatic heterocycles. The molecule has 0 atom stereocenters. The molecule has 0 saturated heterocycles. The van der Waals surface area contributed by atoms with Crippen LogP contribution in [-0.4, -0.2) is 41.7 Å². The van der Waals surface area contributed by atoms with Gasteiger partial charge in [-0.25, -0.2) is 12.8 Å². The summed E-state index contributed by atoms with van der Waals surface area (Å²) >= 11 is 0. The number of methoxy groups -OCH3 is 2. The Hall–Kier alpha value is -1.38. The number of carbonyl (C=O) groups excluding carboxylic acids is 1. The van der Waals surface area contributed by atoms with Crippen LogP contribution in [0.15, 0.2) is 17.0 Å². The van der Waals surface area contributed by atoms with Crippen molar-refractivity contribution in [3.63, 3.8) is 0 Å². The van der Waals surface area contributed by atoms with Gasteiger partial charge in [-0.1, -0.05) is 0 Å². The Morgan fingerprint density at radius 2 is 2.05 bits per heavy atom. The van der Waals surface area contributed by atoms with Crippen LogP contribution in [0.2, 0.25) is 0 Å². The highest BCUT2D eigenvalue weighted by Gasteiger charge is 2.23. The van der Waals surface area contributed by atoms with Crippen molar-refractivity contribution in [2.75, 3.05) is 27.4 Å². The van der Waals surface area contributed by atoms with Gasteiger partial charge in [-0.3, -0.25) is 4.79 Å². The van der Waals surface area contributed by atoms with Crippen molar-refractivity contribution in [3.05, 3.63) is 23.5 Å². The van der Waals surface area contributed by atoms with Crippen molar-refractivity contribution in [2.45, 2.75) is 4.90 Å². The molecule has 0 radical (unpaired) electrons. The molecule has 0 bridgehead atoms. The Bertz CT molecular complexity index is 605. The highest BCUT2D eigenvalue weighted by Crippen LogP contribution is 2.30. The van der Waals surface area contributed by atoms with Crippen molar-refractivity contribution in [1.29, 1.82) is 0 Å². The zero-order valence-corrected chi connectivity index (χ0v) is 12.3. The van der Waals surface area contributed by atoms with Gasteiger partial charge in [0.05, 0.1) is 13.7 Å². The van der Waals surface area contributed by atoms with E-state index in [0.29, 0.717) is 0 Å². The van der Waals surface area contributed by atoms with Crippen LogP contribution >= 0.6 is 10.7 Å². The minimum absolute atomic E-state index is 0.182. The molecule has 1 aromatic rings. The molecule has 1 N–H and O–H groups in total. The molecule has 0 aliphatic rings. The molecule has 112 valence electrons. The van der Waals surface area contributed by atoms with Crippen LogP contribution in [-0.2, 0) is 13.8 Å². The first-order valence-electron chi connectivity index (χ1n) is 5.40. The van der Waals surface area contributed by atoms with Crippen LogP contribution in [0.1, 0.15) is 10.4 Å². The van der Waals surface area contributed by atoms with Gasteiger partial charge in [0, 0.05) is 29.9 Å². The third-order valence-electron chi connectivity index (χ3n) is 2.33. The Kier molecular flexibility index (Phi) is 5.73. The fourth-order valence-electron chi connectivity index (χ4n) is 1.45. The molecular weight excluding hydrogens is 313 g/mol. The number of nitrogens with one attached hydrogen (secondary N) is 1. The highest BCUT2D eigenvalue weighted by atomic mass is 35.7. The average molecular weight is 326 g/mol. The van der Waals surface area contributed by atoms with E-state index in [4.69, 9.17) is 15.4 Å². The summed E-state index contributed by atoms with van der Waals surface area (Å²) < 4.78 is 45.9. The third kappa shape index (κ3) is 4.06. The van der Waals surface area contributed by atoms with E-state index in [1.807, 2.05) is 0 Å². The van der Waals surface area contributed by atoms with Crippen LogP contribution in [0, 0.1) is 5.82 Å². The fourth-order valence-corrected chi connectivity index (χ4v) is 2.46. The molecule has 0 unspecified atom stereocenters. The fraction of sp³-hybridized carbons (Fsp3) is 0.364. The molecule has 0 fully saturated rings. The molecule has 0 spiro atoms. The minimum Gasteiger partial charge on any atom is -0.492 e. The topological polar surface area (TPSA) is 81.7 Å². The number of halogens is 2. The molecule has 1 aromatic carbocycles. The normalized spacial score (nSPS) is 11.2. The molecule has 0 aliphatic heterocycles. The van der Waals surface area contributed by atoms with Gasteiger partial charge in [0.25, 0.3) is 15.0 Å². The quantitative estimate of drug-likeness (QED) is 0.626. The highest BCUT2D eigenvalue weighted by molar-refractivity contribution is 8.13. The van der Waals surface area contributed by atoms with E-state index in [1.54, 1.807) is 0 Å². The van der Waals surface area contributed by atoms with Crippen molar-refractivity contribution in [1.82, 2.24) is 5.32 Å². The first-order valence-corrected chi connectivity index (χ1v) is 7.71. The second kappa shape index (κ2) is 6.87. The van der Waals surface area contributed by atoms with Gasteiger partial charge in [0.15, 0.2) is 11.6 Å². The second-order valence-electron chi connectivity index (χ2n) is 3.68. The van der Waals surface area contributed by atoms with E-state index in [1.165, 1.54) is 7.11 Å². The lowest BCUT2D eigenvalue weighted by Crippen LogP contribution is -2.27. The van der Waals surface area contributed by atoms with Crippen LogP contribution in [0.5, 0.6) is 5.75 Å². The van der Waals surface area contributed by atoms with E-state index in [-0.39, 0.29) is 18.7 Å². The Morgan fingerprint density at radius 3 is 2.55 bits per heavy atom. The summed E-state index contributed by atoms with van der Waals surface area (Å²) in [4.78, 5) is 11.1. The molecule has 1 amide bonds. The van der Waals surface area contributed by atoms with Gasteiger partial charge >= 0.3 is 0 Å². The Labute approximate surface area is 120 Å². The van der Waals surface area contributed by atoms with Crippen LogP contribution in [0.25, 0.3) is 0 Å². The van der Waals surface area contributed by atoms with Crippen LogP contribution in [0.3, 0.4) is 0 Å². The minimum atomic E-state index is -4.25. The Balaban J connectivity index is 3.18. The summed E-state index contributed by atoms with van der Waals surface area (Å²) in [6.45, 7) is 0.469. The van der Waals surface area contributed by atoms with Gasteiger partial charge in [-0.2, -0.15) is 0 Å². The standard InChI is InChI=1S/C11H13ClFNO5S/c1-18-4-3-14-11(15)7-5-8(13)10(19-2)9(6-7)20(12,16)17/h5-6H,3-4H2,1-2H3,(H,14,15). The summed E-state index contributed by atoms with van der Waals surface area (Å²) in [5.41, 5.74) is -0.182. The van der Waals surface area contributed by atoms with Gasteiger partial charge < -0.3 is 14.8 Å². The lowest BCUT2D eigenvalue weighted by molar-refractivity contribution is 0.0936. The number of ether oxygens (including phenoxy) is 2. The monoisotopic (exact) mass is 325 g/mol. The summed E-state index contributed by atoms with van der Waals surface area (Å²) in [5.74, 6) is -2.18. The molecule has 0 heterocycles. The van der Waals surface area contributed by atoms with Gasteiger partial charge in [0.2, 0.25) is 0 Å². The molecule has 0 aliphatic carbocycles. The van der Waals surface area contributed by atoms with Gasteiger partial charge in [-0.05, 0) is 12.1 Å². The number of benzene rings is 1. The van der Waals surface area contributed by atoms with E-state index in [9.17, 15) is 17.6 Å². The van der Waals surface area contributed by atoms with Gasteiger partial charge in [0.1, 0.15) is 4.90 Å². The summed E-state index contributed by atoms with van der Waals surface area (Å²) in [5, 5.41) is 2.43. The van der Waals surface area contributed by atoms with E-state index in [0.717, 1.165) is 19.2 Å². The molecule has 1 rings (SSSR count). The lowest BCUT2D eigenvalue weighted by atomic mass is 10.2. The van der Waals surface area contributed by atoms with Crippen molar-refractivity contribution in [3.8, 4) is 5.75 Å². The summed E-state index contributed by atoms with van der Waals surface area (Å²) in [6.07, 6.45) is 0. The van der Waals surface area contributed by atoms with E-state index in [2.05, 4.69) is 10.1 Å². The smallest absolute Gasteiger partial charge is 0.265 e. The molecular formula is C11H13ClFNO5S. The van der Waals surface area contributed by atoms with Crippen LogP contribution in [0.4, 0.5) is 4.39 Å². The second-order valence-corrected chi connectivity index (χ2v) is 6.21. The number of carbonyl (C=O) groups is 1. The zero-order valence-electron chi connectivity index (χ0n) is 10.8. The third-order valence-corrected chi connectivity index (χ3v) is 3.66. The van der Waals surface area contributed by atoms with E-state index < -0.39 is 31.4 Å². The maximum atomic E-state index is 13.7. The Morgan fingerprint density at radius 1 is 1.40 bits per heavy atom. The van der Waals surface area contributed by atoms with Gasteiger partial charge in [-0.15, -0.1) is 0 Å². The molecule has 0 saturated carbocycles. The first-order chi connectivity index (χ1) is 9.31. The number of rotatable bonds is 6. The van der Waals surface area contributed by atoms with E-state index >= 15 is 0 Å². The molecule has 20 heavy (non-hydrogen) atoms. The summed E-state index contributed by atoms with van der Waals surface area (Å²) in [7, 11) is 3.50. The largest absolute Gasteiger partial charge is 0.492 e. The maximum Gasteiger partial charge on any atom is 0.265 e. The zero-order chi connectivity index (χ0) is 15.3. The average Bonchev–Trinajstić information content (AvgIpc) is 2.36. The molecule has 6 nitrogen and oxygen atoms in total. The first kappa shape index (κ1) is 16.7. The van der Waals surface area contributed by atoms with Crippen molar-refractivity contribution >= 4 is 25.6 Å². The number of hydrogen-bond donors (Lipinski definition) is 1. The summed E-state index contributed by atoms with van der Waals surface area (Å²) in [6, 6.07) is 1.82. The van der Waals surface area contributed by atoms with Crippen LogP contribution < -0.4 is 10.1 Å². The van der Waals surface area contributed by atoms with Crippen molar-refractivity contribution in [2.24, 2.45) is 0 Å². The predicted molar refractivity (Wildman–Crippen MR) is 70.2 cm³/mol. The predicted octanol–water partition coefficient (Wildman–Crippen LogP) is 1.14. The number of hydrogen-bond acceptors (Lipinski definition) is 5. The maximum absolute atomic E-state index is 13.7. The van der Waals surface area contributed by atoms with Crippen molar-refractivity contribution < 1.29 is 27.1 Å². The lowest BCUT2D eigenvalue weighted by Gasteiger charge is -2.10. The molecule has 9 heteroatoms. The SMILES string of the molecule is COCCNC(=O)c1cc(F)c(OC)c(S(=O)(=O)Cl)c1. The number of amides is 1.